The number of hydrogen-bond acceptors (Lipinski definition) is 6. The lowest BCUT2D eigenvalue weighted by molar-refractivity contribution is 0.0142. The van der Waals surface area contributed by atoms with Gasteiger partial charge < -0.3 is 14.1 Å². The largest absolute Gasteiger partial charge is 0.456 e. The van der Waals surface area contributed by atoms with Crippen LogP contribution in [0.25, 0.3) is 38.9 Å². The number of amides is 1. The van der Waals surface area contributed by atoms with Crippen LogP contribution in [0.5, 0.6) is 0 Å². The highest BCUT2D eigenvalue weighted by molar-refractivity contribution is 6.30. The van der Waals surface area contributed by atoms with E-state index in [0.717, 1.165) is 48.3 Å². The third kappa shape index (κ3) is 5.73. The number of ether oxygens (including phenoxy) is 1. The molecule has 1 saturated heterocycles. The number of rotatable bonds is 5. The van der Waals surface area contributed by atoms with Crippen molar-refractivity contribution in [2.75, 3.05) is 32.7 Å². The van der Waals surface area contributed by atoms with E-state index in [4.69, 9.17) is 20.8 Å². The number of fused-ring (bicyclic) bond motifs is 2. The van der Waals surface area contributed by atoms with Crippen LogP contribution >= 0.6 is 11.6 Å². The number of hydrogen-bond donors (Lipinski definition) is 0. The fraction of sp³-hybridized carbons (Fsp3) is 0.323. The summed E-state index contributed by atoms with van der Waals surface area (Å²) in [5.41, 5.74) is 2.52. The minimum Gasteiger partial charge on any atom is -0.456 e. The molecular formula is C31H32ClN5O4. The van der Waals surface area contributed by atoms with Crippen molar-refractivity contribution in [3.8, 4) is 17.0 Å². The van der Waals surface area contributed by atoms with E-state index in [1.165, 1.54) is 0 Å². The summed E-state index contributed by atoms with van der Waals surface area (Å²) < 4.78 is 15.1. The van der Waals surface area contributed by atoms with E-state index in [-0.39, 0.29) is 11.7 Å². The minimum absolute atomic E-state index is 0.149. The van der Waals surface area contributed by atoms with Crippen LogP contribution in [0.2, 0.25) is 5.02 Å². The summed E-state index contributed by atoms with van der Waals surface area (Å²) in [5, 5.41) is 6.72. The van der Waals surface area contributed by atoms with Gasteiger partial charge >= 0.3 is 6.09 Å². The van der Waals surface area contributed by atoms with Crippen LogP contribution in [0.3, 0.4) is 0 Å². The van der Waals surface area contributed by atoms with E-state index in [9.17, 15) is 9.59 Å². The molecule has 3 aromatic heterocycles. The van der Waals surface area contributed by atoms with Crippen molar-refractivity contribution < 1.29 is 13.9 Å². The van der Waals surface area contributed by atoms with Crippen LogP contribution in [0, 0.1) is 0 Å². The second-order valence-corrected chi connectivity index (χ2v) is 11.7. The van der Waals surface area contributed by atoms with Crippen LogP contribution in [0.4, 0.5) is 4.79 Å². The molecule has 6 rings (SSSR count). The number of carbonyl (C=O) groups excluding carboxylic acids is 1. The van der Waals surface area contributed by atoms with Crippen molar-refractivity contribution >= 4 is 39.6 Å². The second-order valence-electron chi connectivity index (χ2n) is 11.3. The van der Waals surface area contributed by atoms with Gasteiger partial charge in [0.05, 0.1) is 23.6 Å². The van der Waals surface area contributed by atoms with Crippen molar-refractivity contribution in [3.05, 3.63) is 82.4 Å². The van der Waals surface area contributed by atoms with Gasteiger partial charge in [-0.2, -0.15) is 5.10 Å². The molecule has 212 valence electrons. The first-order valence-corrected chi connectivity index (χ1v) is 14.1. The lowest BCUT2D eigenvalue weighted by Crippen LogP contribution is -2.50. The Hall–Kier alpha value is -4.08. The lowest BCUT2D eigenvalue weighted by Gasteiger charge is -2.35. The highest BCUT2D eigenvalue weighted by Crippen LogP contribution is 2.28. The third-order valence-corrected chi connectivity index (χ3v) is 7.52. The van der Waals surface area contributed by atoms with Gasteiger partial charge in [0, 0.05) is 60.6 Å². The second kappa shape index (κ2) is 10.7. The van der Waals surface area contributed by atoms with E-state index in [1.807, 2.05) is 68.0 Å². The predicted octanol–water partition coefficient (Wildman–Crippen LogP) is 5.81. The summed E-state index contributed by atoms with van der Waals surface area (Å²) in [5.74, 6) is 0.620. The summed E-state index contributed by atoms with van der Waals surface area (Å²) in [6.07, 6.45) is 3.32. The quantitative estimate of drug-likeness (QED) is 0.264. The van der Waals surface area contributed by atoms with Crippen molar-refractivity contribution in [3.63, 3.8) is 0 Å². The number of furan rings is 1. The van der Waals surface area contributed by atoms with Crippen LogP contribution in [-0.2, 0) is 11.3 Å². The Morgan fingerprint density at radius 3 is 2.49 bits per heavy atom. The van der Waals surface area contributed by atoms with Gasteiger partial charge in [0.1, 0.15) is 16.9 Å². The van der Waals surface area contributed by atoms with E-state index in [1.54, 1.807) is 33.9 Å². The summed E-state index contributed by atoms with van der Waals surface area (Å²) in [6, 6.07) is 16.8. The predicted molar refractivity (Wildman–Crippen MR) is 160 cm³/mol. The summed E-state index contributed by atoms with van der Waals surface area (Å²) in [4.78, 5) is 29.8. The molecule has 0 N–H and O–H groups in total. The maximum atomic E-state index is 13.4. The zero-order valence-electron chi connectivity index (χ0n) is 23.3. The number of aromatic nitrogens is 3. The molecule has 0 spiro atoms. The Balaban J connectivity index is 1.14. The molecule has 1 aliphatic rings. The molecule has 0 radical (unpaired) electrons. The molecule has 9 nitrogen and oxygen atoms in total. The molecule has 10 heteroatoms. The Morgan fingerprint density at radius 2 is 1.76 bits per heavy atom. The normalized spacial score (nSPS) is 14.7. The summed E-state index contributed by atoms with van der Waals surface area (Å²) in [6.45, 7) is 10.1. The zero-order valence-corrected chi connectivity index (χ0v) is 24.1. The van der Waals surface area contributed by atoms with E-state index in [0.29, 0.717) is 34.8 Å². The molecule has 0 atom stereocenters. The number of piperazine rings is 1. The Labute approximate surface area is 242 Å². The molecular weight excluding hydrogens is 542 g/mol. The minimum atomic E-state index is -0.490. The highest BCUT2D eigenvalue weighted by atomic mass is 35.5. The first-order chi connectivity index (χ1) is 19.6. The first-order valence-electron chi connectivity index (χ1n) is 13.7. The van der Waals surface area contributed by atoms with Gasteiger partial charge in [0.25, 0.3) is 5.56 Å². The number of halogens is 1. The topological polar surface area (TPSA) is 85.7 Å². The molecule has 4 heterocycles. The monoisotopic (exact) mass is 573 g/mol. The lowest BCUT2D eigenvalue weighted by atomic mass is 10.1. The molecule has 0 unspecified atom stereocenters. The van der Waals surface area contributed by atoms with Crippen molar-refractivity contribution in [1.82, 2.24) is 24.1 Å². The maximum Gasteiger partial charge on any atom is 0.410 e. The third-order valence-electron chi connectivity index (χ3n) is 7.27. The number of benzene rings is 2. The molecule has 5 aromatic rings. The SMILES string of the molecule is CC(C)(C)OC(=O)N1CCN(CCn2ncc3cc(-n4ccc5oc(-c6ccc(Cl)cc6)cc5c4=O)ccc32)CC1. The van der Waals surface area contributed by atoms with E-state index < -0.39 is 5.60 Å². The molecule has 41 heavy (non-hydrogen) atoms. The average Bonchev–Trinajstić information content (AvgIpc) is 3.56. The van der Waals surface area contributed by atoms with Crippen molar-refractivity contribution in [2.24, 2.45) is 0 Å². The molecule has 0 bridgehead atoms. The average molecular weight is 574 g/mol. The van der Waals surface area contributed by atoms with Crippen LogP contribution < -0.4 is 5.56 Å². The fourth-order valence-corrected chi connectivity index (χ4v) is 5.24. The van der Waals surface area contributed by atoms with E-state index in [2.05, 4.69) is 10.00 Å². The van der Waals surface area contributed by atoms with Gasteiger partial charge in [-0.05, 0) is 75.4 Å². The molecule has 1 fully saturated rings. The van der Waals surface area contributed by atoms with Gasteiger partial charge in [0.2, 0.25) is 0 Å². The zero-order chi connectivity index (χ0) is 28.7. The van der Waals surface area contributed by atoms with Crippen LogP contribution in [-0.4, -0.2) is 68.6 Å². The van der Waals surface area contributed by atoms with Gasteiger partial charge in [-0.3, -0.25) is 18.9 Å². The van der Waals surface area contributed by atoms with Crippen molar-refractivity contribution in [1.29, 1.82) is 0 Å². The van der Waals surface area contributed by atoms with Gasteiger partial charge in [-0.1, -0.05) is 11.6 Å². The molecule has 0 aliphatic carbocycles. The highest BCUT2D eigenvalue weighted by Gasteiger charge is 2.25. The van der Waals surface area contributed by atoms with Crippen LogP contribution in [0.15, 0.2) is 76.2 Å². The van der Waals surface area contributed by atoms with Gasteiger partial charge in [-0.15, -0.1) is 0 Å². The first kappa shape index (κ1) is 27.1. The van der Waals surface area contributed by atoms with E-state index >= 15 is 0 Å². The Kier molecular flexibility index (Phi) is 7.09. The van der Waals surface area contributed by atoms with Gasteiger partial charge in [-0.25, -0.2) is 4.79 Å². The standard InChI is InChI=1S/C31H32ClN5O4/c1-31(2,3)41-30(39)35-15-12-34(13-16-35)14-17-37-26-9-8-24(18-22(26)20-33-37)36-11-10-27-25(29(36)38)19-28(40-27)21-4-6-23(32)7-5-21/h4-11,18-20H,12-17H2,1-3H3. The van der Waals surface area contributed by atoms with Crippen LogP contribution in [0.1, 0.15) is 20.8 Å². The summed E-state index contributed by atoms with van der Waals surface area (Å²) in [7, 11) is 0. The number of carbonyl (C=O) groups is 1. The molecule has 0 saturated carbocycles. The fourth-order valence-electron chi connectivity index (χ4n) is 5.11. The van der Waals surface area contributed by atoms with Gasteiger partial charge in [0.15, 0.2) is 0 Å². The number of pyridine rings is 1. The summed E-state index contributed by atoms with van der Waals surface area (Å²) >= 11 is 6.01. The smallest absolute Gasteiger partial charge is 0.410 e. The molecule has 1 amide bonds. The van der Waals surface area contributed by atoms with Crippen molar-refractivity contribution in [2.45, 2.75) is 32.9 Å². The Morgan fingerprint density at radius 1 is 1.00 bits per heavy atom. The molecule has 1 aliphatic heterocycles. The molecule has 2 aromatic carbocycles. The maximum absolute atomic E-state index is 13.4. The Bertz CT molecular complexity index is 1770. The number of nitrogens with zero attached hydrogens (tertiary/aromatic N) is 5.